The summed E-state index contributed by atoms with van der Waals surface area (Å²) < 4.78 is 0.880. The maximum absolute atomic E-state index is 13.7. The number of likely N-dealkylation sites (tertiary alicyclic amines) is 1. The van der Waals surface area contributed by atoms with Crippen LogP contribution in [0.15, 0.2) is 60.7 Å². The first-order valence-electron chi connectivity index (χ1n) is 21.8. The van der Waals surface area contributed by atoms with Crippen molar-refractivity contribution in [3.63, 3.8) is 0 Å². The molecule has 1 N–H and O–H groups in total. The molecule has 0 saturated carbocycles. The number of carbonyl (C=O) groups excluding carboxylic acids is 5. The third kappa shape index (κ3) is 7.63. The van der Waals surface area contributed by atoms with E-state index in [-0.39, 0.29) is 24.2 Å². The predicted octanol–water partition coefficient (Wildman–Crippen LogP) is 5.32. The van der Waals surface area contributed by atoms with Crippen molar-refractivity contribution in [2.24, 2.45) is 11.3 Å². The highest BCUT2D eigenvalue weighted by Crippen LogP contribution is 2.46. The van der Waals surface area contributed by atoms with E-state index in [2.05, 4.69) is 59.2 Å². The third-order valence-corrected chi connectivity index (χ3v) is 15.0. The molecular formula is C47H54ClN8O5+. The Morgan fingerprint density at radius 1 is 0.852 bits per heavy atom. The summed E-state index contributed by atoms with van der Waals surface area (Å²) in [6.45, 7) is 9.40. The van der Waals surface area contributed by atoms with E-state index in [1.807, 2.05) is 41.3 Å². The molecule has 2 atom stereocenters. The second kappa shape index (κ2) is 15.8. The zero-order valence-corrected chi connectivity index (χ0v) is 36.0. The largest absolute Gasteiger partial charge is 0.371 e. The molecule has 9 rings (SSSR count). The van der Waals surface area contributed by atoms with Crippen molar-refractivity contribution in [3.8, 4) is 6.07 Å². The third-order valence-electron chi connectivity index (χ3n) is 14.7. The second-order valence-corrected chi connectivity index (χ2v) is 19.3. The Bertz CT molecular complexity index is 2320. The zero-order valence-electron chi connectivity index (χ0n) is 35.2. The summed E-state index contributed by atoms with van der Waals surface area (Å²) in [6.07, 6.45) is 5.47. The molecule has 0 bridgehead atoms. The van der Waals surface area contributed by atoms with Crippen LogP contribution in [-0.2, 0) is 9.59 Å². The Labute approximate surface area is 362 Å². The Morgan fingerprint density at radius 2 is 1.52 bits per heavy atom. The number of anilines is 3. The van der Waals surface area contributed by atoms with Crippen molar-refractivity contribution < 1.29 is 28.5 Å². The highest BCUT2D eigenvalue weighted by Gasteiger charge is 2.47. The van der Waals surface area contributed by atoms with Crippen molar-refractivity contribution in [3.05, 3.63) is 87.9 Å². The molecule has 0 aliphatic carbocycles. The quantitative estimate of drug-likeness (QED) is 0.236. The Kier molecular flexibility index (Phi) is 10.6. The van der Waals surface area contributed by atoms with Gasteiger partial charge in [0.2, 0.25) is 11.8 Å². The van der Waals surface area contributed by atoms with Crippen LogP contribution in [0.3, 0.4) is 0 Å². The minimum Gasteiger partial charge on any atom is -0.371 e. The Balaban J connectivity index is 0.730. The number of halogens is 1. The SMILES string of the molecule is C[C@H]1CC2(CCN(c3ccc(C(=O)N4CCC([N+](C)(C)CC5CN(c6ccc7c(c6)C(=O)N(C6CCC(=O)NC6=O)C7=O)C5)CC4)cc3)CC2)CN1c1ccc(C#N)c(Cl)c1. The van der Waals surface area contributed by atoms with E-state index in [1.54, 1.807) is 12.1 Å². The van der Waals surface area contributed by atoms with Gasteiger partial charge in [-0.15, -0.1) is 0 Å². The molecule has 5 amide bonds. The van der Waals surface area contributed by atoms with E-state index < -0.39 is 29.7 Å². The summed E-state index contributed by atoms with van der Waals surface area (Å²) in [5.74, 6) is -1.41. The number of fused-ring (bicyclic) bond motifs is 1. The fraction of sp³-hybridized carbons (Fsp3) is 0.489. The van der Waals surface area contributed by atoms with E-state index in [4.69, 9.17) is 11.6 Å². The number of rotatable bonds is 8. The molecule has 61 heavy (non-hydrogen) atoms. The first-order chi connectivity index (χ1) is 29.2. The lowest BCUT2D eigenvalue weighted by Gasteiger charge is -2.48. The topological polar surface area (TPSA) is 137 Å². The van der Waals surface area contributed by atoms with Crippen LogP contribution in [0.25, 0.3) is 0 Å². The standard InChI is InChI=1S/C47H53ClN8O5/c1-30-24-47(29-54(30)36-9-6-33(25-49)40(48)23-36)16-20-51(21-17-47)34-7-4-32(5-8-34)44(59)52-18-14-37(15-19-52)56(2,3)28-31-26-53(27-31)35-10-11-38-39(22-35)46(61)55(45(38)60)41-12-13-42(57)50-43(41)58/h4-11,22-23,30-31,37,41H,12-21,24,26-29H2,1-3H3/p+1/t30-,41?/m0/s1. The average molecular weight is 846 g/mol. The van der Waals surface area contributed by atoms with Crippen molar-refractivity contribution in [2.75, 3.05) is 81.2 Å². The highest BCUT2D eigenvalue weighted by atomic mass is 35.5. The van der Waals surface area contributed by atoms with E-state index in [0.717, 1.165) is 116 Å². The number of benzene rings is 3. The lowest BCUT2D eigenvalue weighted by atomic mass is 9.76. The molecule has 0 aromatic heterocycles. The van der Waals surface area contributed by atoms with Gasteiger partial charge in [-0.1, -0.05) is 11.6 Å². The Morgan fingerprint density at radius 3 is 2.20 bits per heavy atom. The number of carbonyl (C=O) groups is 5. The van der Waals surface area contributed by atoms with Crippen molar-refractivity contribution in [2.45, 2.75) is 70.0 Å². The van der Waals surface area contributed by atoms with Crippen molar-refractivity contribution >= 4 is 58.2 Å². The molecule has 1 spiro atoms. The highest BCUT2D eigenvalue weighted by molar-refractivity contribution is 6.32. The molecule has 3 aromatic carbocycles. The molecule has 6 aliphatic rings. The minimum absolute atomic E-state index is 0.0908. The van der Waals surface area contributed by atoms with Gasteiger partial charge in [0, 0.05) is 99.7 Å². The van der Waals surface area contributed by atoms with Gasteiger partial charge in [0.05, 0.1) is 48.4 Å². The number of amides is 5. The fourth-order valence-electron chi connectivity index (χ4n) is 11.2. The van der Waals surface area contributed by atoms with Crippen LogP contribution in [0.5, 0.6) is 0 Å². The molecule has 5 fully saturated rings. The van der Waals surface area contributed by atoms with Gasteiger partial charge in [0.25, 0.3) is 17.7 Å². The number of hydrogen-bond donors (Lipinski definition) is 1. The lowest BCUT2D eigenvalue weighted by Crippen LogP contribution is -2.60. The van der Waals surface area contributed by atoms with Crippen LogP contribution in [0.2, 0.25) is 5.02 Å². The molecule has 6 aliphatic heterocycles. The average Bonchev–Trinajstić information content (AvgIpc) is 3.69. The molecule has 6 heterocycles. The molecule has 1 unspecified atom stereocenters. The summed E-state index contributed by atoms with van der Waals surface area (Å²) in [4.78, 5) is 74.4. The summed E-state index contributed by atoms with van der Waals surface area (Å²) in [5.41, 5.74) is 5.23. The lowest BCUT2D eigenvalue weighted by molar-refractivity contribution is -0.919. The number of piperidine rings is 3. The van der Waals surface area contributed by atoms with Crippen LogP contribution in [0, 0.1) is 22.7 Å². The molecule has 14 heteroatoms. The van der Waals surface area contributed by atoms with E-state index >= 15 is 0 Å². The van der Waals surface area contributed by atoms with Gasteiger partial charge in [-0.05, 0) is 98.7 Å². The molecule has 13 nitrogen and oxygen atoms in total. The van der Waals surface area contributed by atoms with Crippen LogP contribution in [0.1, 0.15) is 88.5 Å². The van der Waals surface area contributed by atoms with Gasteiger partial charge in [-0.2, -0.15) is 5.26 Å². The van der Waals surface area contributed by atoms with Gasteiger partial charge in [0.15, 0.2) is 0 Å². The summed E-state index contributed by atoms with van der Waals surface area (Å²) >= 11 is 6.39. The normalized spacial score (nSPS) is 23.4. The van der Waals surface area contributed by atoms with Crippen LogP contribution >= 0.6 is 11.6 Å². The van der Waals surface area contributed by atoms with Crippen LogP contribution in [-0.4, -0.2) is 128 Å². The smallest absolute Gasteiger partial charge is 0.262 e. The maximum Gasteiger partial charge on any atom is 0.262 e. The molecule has 5 saturated heterocycles. The number of nitrogens with one attached hydrogen (secondary N) is 1. The number of quaternary nitrogens is 1. The van der Waals surface area contributed by atoms with E-state index in [0.29, 0.717) is 39.7 Å². The zero-order chi connectivity index (χ0) is 42.8. The van der Waals surface area contributed by atoms with E-state index in [9.17, 15) is 29.2 Å². The first-order valence-corrected chi connectivity index (χ1v) is 22.1. The summed E-state index contributed by atoms with van der Waals surface area (Å²) in [5, 5.41) is 12.1. The summed E-state index contributed by atoms with van der Waals surface area (Å²) in [7, 11) is 4.59. The number of imide groups is 2. The number of nitriles is 1. The molecule has 3 aromatic rings. The number of nitrogens with zero attached hydrogens (tertiary/aromatic N) is 7. The predicted molar refractivity (Wildman–Crippen MR) is 233 cm³/mol. The summed E-state index contributed by atoms with van der Waals surface area (Å²) in [6, 6.07) is 21.3. The van der Waals surface area contributed by atoms with Crippen molar-refractivity contribution in [1.82, 2.24) is 15.1 Å². The van der Waals surface area contributed by atoms with Crippen LogP contribution in [0.4, 0.5) is 17.1 Å². The van der Waals surface area contributed by atoms with Gasteiger partial charge >= 0.3 is 0 Å². The van der Waals surface area contributed by atoms with Gasteiger partial charge < -0.3 is 24.1 Å². The van der Waals surface area contributed by atoms with Crippen LogP contribution < -0.4 is 20.0 Å². The molecule has 0 radical (unpaired) electrons. The van der Waals surface area contributed by atoms with Gasteiger partial charge in [-0.25, -0.2) is 0 Å². The maximum atomic E-state index is 13.7. The van der Waals surface area contributed by atoms with E-state index in [1.165, 1.54) is 0 Å². The Hall–Kier alpha value is -5.45. The first kappa shape index (κ1) is 40.9. The monoisotopic (exact) mass is 845 g/mol. The fourth-order valence-corrected chi connectivity index (χ4v) is 11.4. The number of hydrogen-bond acceptors (Lipinski definition) is 9. The van der Waals surface area contributed by atoms with Gasteiger partial charge in [-0.3, -0.25) is 34.2 Å². The minimum atomic E-state index is -0.975. The molecular weight excluding hydrogens is 792 g/mol. The molecule has 318 valence electrons. The van der Waals surface area contributed by atoms with Crippen molar-refractivity contribution in [1.29, 1.82) is 5.26 Å². The second-order valence-electron chi connectivity index (χ2n) is 18.9. The van der Waals surface area contributed by atoms with Gasteiger partial charge in [0.1, 0.15) is 12.1 Å².